The standard InChI is InChI=1S/C17H26N2O4/c20-15(18-13-4-5-13)17(6-2-7-17)16(21)19-8-1-3-12(11-19)14-22-9-10-23-14/h12-14H,1-11H2,(H,18,20). The van der Waals surface area contributed by atoms with Crippen molar-refractivity contribution in [1.29, 1.82) is 0 Å². The quantitative estimate of drug-likeness (QED) is 0.786. The number of nitrogens with zero attached hydrogens (tertiary/aromatic N) is 1. The fourth-order valence-corrected chi connectivity index (χ4v) is 3.99. The van der Waals surface area contributed by atoms with E-state index in [1.165, 1.54) is 0 Å². The van der Waals surface area contributed by atoms with Crippen molar-refractivity contribution >= 4 is 11.8 Å². The minimum atomic E-state index is -0.790. The molecule has 2 amide bonds. The first-order valence-electron chi connectivity index (χ1n) is 9.03. The summed E-state index contributed by atoms with van der Waals surface area (Å²) in [6.07, 6.45) is 6.27. The highest BCUT2D eigenvalue weighted by Gasteiger charge is 2.53. The number of hydrogen-bond acceptors (Lipinski definition) is 4. The molecule has 4 aliphatic rings. The van der Waals surface area contributed by atoms with Crippen molar-refractivity contribution in [2.45, 2.75) is 57.3 Å². The Balaban J connectivity index is 1.42. The van der Waals surface area contributed by atoms with E-state index in [9.17, 15) is 9.59 Å². The maximum atomic E-state index is 13.1. The van der Waals surface area contributed by atoms with Gasteiger partial charge in [-0.2, -0.15) is 0 Å². The topological polar surface area (TPSA) is 67.9 Å². The summed E-state index contributed by atoms with van der Waals surface area (Å²) >= 11 is 0. The van der Waals surface area contributed by atoms with E-state index in [4.69, 9.17) is 9.47 Å². The Bertz CT molecular complexity index is 481. The van der Waals surface area contributed by atoms with Crippen molar-refractivity contribution in [3.05, 3.63) is 0 Å². The third-order valence-corrected chi connectivity index (χ3v) is 5.74. The number of hydrogen-bond donors (Lipinski definition) is 1. The van der Waals surface area contributed by atoms with E-state index in [1.807, 2.05) is 4.90 Å². The van der Waals surface area contributed by atoms with Crippen LogP contribution in [0.15, 0.2) is 0 Å². The number of ether oxygens (including phenoxy) is 2. The average molecular weight is 322 g/mol. The first kappa shape index (κ1) is 15.4. The Labute approximate surface area is 136 Å². The molecule has 1 atom stereocenters. The highest BCUT2D eigenvalue weighted by molar-refractivity contribution is 6.06. The van der Waals surface area contributed by atoms with Crippen LogP contribution in [0.25, 0.3) is 0 Å². The van der Waals surface area contributed by atoms with Crippen LogP contribution in [0.1, 0.15) is 44.9 Å². The second-order valence-corrected chi connectivity index (χ2v) is 7.45. The summed E-state index contributed by atoms with van der Waals surface area (Å²) in [7, 11) is 0. The van der Waals surface area contributed by atoms with E-state index in [0.29, 0.717) is 38.6 Å². The van der Waals surface area contributed by atoms with Crippen LogP contribution in [-0.2, 0) is 19.1 Å². The maximum Gasteiger partial charge on any atom is 0.238 e. The minimum Gasteiger partial charge on any atom is -0.352 e. The van der Waals surface area contributed by atoms with Crippen molar-refractivity contribution < 1.29 is 19.1 Å². The number of amides is 2. The summed E-state index contributed by atoms with van der Waals surface area (Å²) in [6.45, 7) is 2.69. The summed E-state index contributed by atoms with van der Waals surface area (Å²) in [5, 5.41) is 3.05. The van der Waals surface area contributed by atoms with Gasteiger partial charge in [-0.1, -0.05) is 6.42 Å². The van der Waals surface area contributed by atoms with Crippen LogP contribution in [0.5, 0.6) is 0 Å². The van der Waals surface area contributed by atoms with Gasteiger partial charge in [-0.05, 0) is 38.5 Å². The Morgan fingerprint density at radius 1 is 1.04 bits per heavy atom. The molecule has 6 heteroatoms. The van der Waals surface area contributed by atoms with Crippen LogP contribution < -0.4 is 5.32 Å². The lowest BCUT2D eigenvalue weighted by Gasteiger charge is -2.44. The number of rotatable bonds is 4. The van der Waals surface area contributed by atoms with Gasteiger partial charge >= 0.3 is 0 Å². The van der Waals surface area contributed by atoms with Crippen molar-refractivity contribution in [2.75, 3.05) is 26.3 Å². The van der Waals surface area contributed by atoms with Crippen molar-refractivity contribution in [1.82, 2.24) is 10.2 Å². The molecule has 6 nitrogen and oxygen atoms in total. The van der Waals surface area contributed by atoms with Crippen molar-refractivity contribution in [2.24, 2.45) is 11.3 Å². The number of carbonyl (C=O) groups is 2. The van der Waals surface area contributed by atoms with E-state index in [0.717, 1.165) is 38.6 Å². The molecule has 128 valence electrons. The van der Waals surface area contributed by atoms with Gasteiger partial charge in [0.25, 0.3) is 0 Å². The molecule has 2 saturated carbocycles. The van der Waals surface area contributed by atoms with E-state index in [-0.39, 0.29) is 24.0 Å². The molecule has 0 radical (unpaired) electrons. The van der Waals surface area contributed by atoms with Gasteiger partial charge in [-0.25, -0.2) is 0 Å². The lowest BCUT2D eigenvalue weighted by molar-refractivity contribution is -0.161. The first-order valence-corrected chi connectivity index (χ1v) is 9.03. The maximum absolute atomic E-state index is 13.1. The second kappa shape index (κ2) is 6.06. The van der Waals surface area contributed by atoms with Crippen LogP contribution in [-0.4, -0.2) is 55.3 Å². The molecule has 1 N–H and O–H groups in total. The number of piperidine rings is 1. The van der Waals surface area contributed by atoms with Gasteiger partial charge in [-0.3, -0.25) is 9.59 Å². The van der Waals surface area contributed by atoms with Crippen LogP contribution in [0.4, 0.5) is 0 Å². The van der Waals surface area contributed by atoms with E-state index >= 15 is 0 Å². The fourth-order valence-electron chi connectivity index (χ4n) is 3.99. The van der Waals surface area contributed by atoms with Gasteiger partial charge < -0.3 is 19.7 Å². The van der Waals surface area contributed by atoms with Gasteiger partial charge in [0, 0.05) is 25.0 Å². The van der Waals surface area contributed by atoms with Crippen LogP contribution in [0.3, 0.4) is 0 Å². The van der Waals surface area contributed by atoms with Gasteiger partial charge in [0.1, 0.15) is 5.41 Å². The smallest absolute Gasteiger partial charge is 0.238 e. The number of likely N-dealkylation sites (tertiary alicyclic amines) is 1. The summed E-state index contributed by atoms with van der Waals surface area (Å²) in [5.74, 6) is 0.232. The van der Waals surface area contributed by atoms with Crippen molar-refractivity contribution in [3.63, 3.8) is 0 Å². The Kier molecular flexibility index (Phi) is 4.05. The lowest BCUT2D eigenvalue weighted by atomic mass is 9.66. The van der Waals surface area contributed by atoms with Crippen LogP contribution in [0.2, 0.25) is 0 Å². The molecule has 0 bridgehead atoms. The molecule has 4 fully saturated rings. The highest BCUT2D eigenvalue weighted by atomic mass is 16.7. The van der Waals surface area contributed by atoms with Gasteiger partial charge in [-0.15, -0.1) is 0 Å². The molecule has 4 rings (SSSR count). The molecular formula is C17H26N2O4. The lowest BCUT2D eigenvalue weighted by Crippen LogP contribution is -2.58. The van der Waals surface area contributed by atoms with Crippen LogP contribution >= 0.6 is 0 Å². The molecule has 2 heterocycles. The van der Waals surface area contributed by atoms with Gasteiger partial charge in [0.05, 0.1) is 13.2 Å². The average Bonchev–Trinajstić information content (AvgIpc) is 3.16. The largest absolute Gasteiger partial charge is 0.352 e. The molecule has 1 unspecified atom stereocenters. The third-order valence-electron chi connectivity index (χ3n) is 5.74. The van der Waals surface area contributed by atoms with E-state index < -0.39 is 5.41 Å². The molecule has 0 aromatic carbocycles. The highest BCUT2D eigenvalue weighted by Crippen LogP contribution is 2.44. The van der Waals surface area contributed by atoms with Crippen molar-refractivity contribution in [3.8, 4) is 0 Å². The summed E-state index contributed by atoms with van der Waals surface area (Å²) in [4.78, 5) is 27.6. The molecule has 2 aliphatic carbocycles. The Morgan fingerprint density at radius 2 is 1.78 bits per heavy atom. The summed E-state index contributed by atoms with van der Waals surface area (Å²) in [5.41, 5.74) is -0.790. The molecule has 2 saturated heterocycles. The summed E-state index contributed by atoms with van der Waals surface area (Å²) in [6, 6.07) is 0.308. The molecule has 0 spiro atoms. The predicted molar refractivity (Wildman–Crippen MR) is 82.4 cm³/mol. The molecule has 23 heavy (non-hydrogen) atoms. The van der Waals surface area contributed by atoms with Gasteiger partial charge in [0.15, 0.2) is 6.29 Å². The monoisotopic (exact) mass is 322 g/mol. The molecule has 0 aromatic heterocycles. The molecule has 0 aromatic rings. The normalized spacial score (nSPS) is 30.8. The zero-order valence-electron chi connectivity index (χ0n) is 13.6. The second-order valence-electron chi connectivity index (χ2n) is 7.45. The zero-order chi connectivity index (χ0) is 15.9. The Morgan fingerprint density at radius 3 is 2.39 bits per heavy atom. The Hall–Kier alpha value is -1.14. The number of carbonyl (C=O) groups excluding carboxylic acids is 2. The predicted octanol–water partition coefficient (Wildman–Crippen LogP) is 1.05. The van der Waals surface area contributed by atoms with E-state index in [2.05, 4.69) is 5.32 Å². The summed E-state index contributed by atoms with van der Waals surface area (Å²) < 4.78 is 11.2. The SMILES string of the molecule is O=C(NC1CC1)C1(C(=O)N2CCCC(C3OCCO3)C2)CCC1. The van der Waals surface area contributed by atoms with Gasteiger partial charge in [0.2, 0.25) is 11.8 Å². The number of nitrogens with one attached hydrogen (secondary N) is 1. The van der Waals surface area contributed by atoms with E-state index in [1.54, 1.807) is 0 Å². The van der Waals surface area contributed by atoms with Crippen LogP contribution in [0, 0.1) is 11.3 Å². The zero-order valence-corrected chi connectivity index (χ0v) is 13.6. The third kappa shape index (κ3) is 2.87. The fraction of sp³-hybridized carbons (Fsp3) is 0.882. The molecular weight excluding hydrogens is 296 g/mol. The molecule has 2 aliphatic heterocycles. The minimum absolute atomic E-state index is 0.0320. The first-order chi connectivity index (χ1) is 11.2.